The Morgan fingerprint density at radius 1 is 1.24 bits per heavy atom. The van der Waals surface area contributed by atoms with E-state index in [0.717, 1.165) is 39.5 Å². The minimum Gasteiger partial charge on any atom is -0.334 e. The van der Waals surface area contributed by atoms with Crippen LogP contribution in [0.4, 0.5) is 0 Å². The summed E-state index contributed by atoms with van der Waals surface area (Å²) in [4.78, 5) is 17.5. The maximum Gasteiger partial charge on any atom is 0.255 e. The molecule has 0 radical (unpaired) electrons. The lowest BCUT2D eigenvalue weighted by atomic mass is 10.1. The topological polar surface area (TPSA) is 23.6 Å². The second kappa shape index (κ2) is 6.96. The molecular formula is C16H20BrIN2O. The number of likely N-dealkylation sites (tertiary alicyclic amines) is 2. The Balaban J connectivity index is 1.74. The zero-order chi connectivity index (χ0) is 14.8. The lowest BCUT2D eigenvalue weighted by Crippen LogP contribution is -2.42. The number of halogens is 2. The molecule has 3 rings (SSSR count). The summed E-state index contributed by atoms with van der Waals surface area (Å²) in [6.45, 7) is 4.36. The van der Waals surface area contributed by atoms with Gasteiger partial charge in [0.2, 0.25) is 0 Å². The van der Waals surface area contributed by atoms with Crippen LogP contribution < -0.4 is 0 Å². The highest BCUT2D eigenvalue weighted by Gasteiger charge is 2.32. The van der Waals surface area contributed by atoms with Crippen LogP contribution in [0.1, 0.15) is 36.0 Å². The van der Waals surface area contributed by atoms with E-state index in [-0.39, 0.29) is 5.91 Å². The summed E-state index contributed by atoms with van der Waals surface area (Å²) in [5, 5.41) is 0. The fourth-order valence-electron chi connectivity index (χ4n) is 3.37. The van der Waals surface area contributed by atoms with Crippen LogP contribution in [0.25, 0.3) is 0 Å². The molecule has 0 N–H and O–H groups in total. The fraction of sp³-hybridized carbons (Fsp3) is 0.562. The molecule has 2 heterocycles. The second-order valence-electron chi connectivity index (χ2n) is 5.93. The highest BCUT2D eigenvalue weighted by atomic mass is 127. The molecule has 5 heteroatoms. The number of hydrogen-bond acceptors (Lipinski definition) is 2. The molecule has 2 fully saturated rings. The molecule has 1 atom stereocenters. The molecule has 0 bridgehead atoms. The molecule has 0 aliphatic carbocycles. The van der Waals surface area contributed by atoms with E-state index in [4.69, 9.17) is 0 Å². The van der Waals surface area contributed by atoms with Crippen molar-refractivity contribution in [2.75, 3.05) is 26.2 Å². The predicted molar refractivity (Wildman–Crippen MR) is 96.6 cm³/mol. The molecule has 0 spiro atoms. The lowest BCUT2D eigenvalue weighted by Gasteiger charge is -2.29. The SMILES string of the molecule is O=C(c1cc(Br)ccc1I)N1CCCC1CN1CCCC1. The van der Waals surface area contributed by atoms with Gasteiger partial charge < -0.3 is 9.80 Å². The minimum atomic E-state index is 0.197. The molecule has 1 aromatic carbocycles. The molecule has 2 aliphatic rings. The number of rotatable bonds is 3. The summed E-state index contributed by atoms with van der Waals surface area (Å²) in [7, 11) is 0. The third-order valence-electron chi connectivity index (χ3n) is 4.46. The van der Waals surface area contributed by atoms with Crippen LogP contribution in [-0.2, 0) is 0 Å². The van der Waals surface area contributed by atoms with Crippen molar-refractivity contribution in [3.05, 3.63) is 31.8 Å². The molecule has 2 aliphatic heterocycles. The Labute approximate surface area is 148 Å². The summed E-state index contributed by atoms with van der Waals surface area (Å²) in [5.41, 5.74) is 0.832. The fourth-order valence-corrected chi connectivity index (χ4v) is 4.30. The first-order valence-corrected chi connectivity index (χ1v) is 9.51. The molecule has 0 saturated carbocycles. The summed E-state index contributed by atoms with van der Waals surface area (Å²) < 4.78 is 2.01. The van der Waals surface area contributed by atoms with Gasteiger partial charge in [0, 0.05) is 27.2 Å². The van der Waals surface area contributed by atoms with Gasteiger partial charge in [0.1, 0.15) is 0 Å². The first-order valence-electron chi connectivity index (χ1n) is 7.63. The van der Waals surface area contributed by atoms with E-state index in [1.165, 1.54) is 25.9 Å². The zero-order valence-corrected chi connectivity index (χ0v) is 15.8. The maximum atomic E-state index is 12.9. The van der Waals surface area contributed by atoms with E-state index < -0.39 is 0 Å². The van der Waals surface area contributed by atoms with Crippen molar-refractivity contribution in [3.8, 4) is 0 Å². The van der Waals surface area contributed by atoms with E-state index in [0.29, 0.717) is 6.04 Å². The number of nitrogens with zero attached hydrogens (tertiary/aromatic N) is 2. The van der Waals surface area contributed by atoms with E-state index in [9.17, 15) is 4.79 Å². The van der Waals surface area contributed by atoms with Crippen molar-refractivity contribution in [2.45, 2.75) is 31.7 Å². The average Bonchev–Trinajstić information content (AvgIpc) is 3.13. The molecule has 3 nitrogen and oxygen atoms in total. The Hall–Kier alpha value is -0.140. The van der Waals surface area contributed by atoms with Crippen LogP contribution in [0.2, 0.25) is 0 Å². The Bertz CT molecular complexity index is 531. The third-order valence-corrected chi connectivity index (χ3v) is 5.90. The minimum absolute atomic E-state index is 0.197. The quantitative estimate of drug-likeness (QED) is 0.638. The smallest absolute Gasteiger partial charge is 0.255 e. The van der Waals surface area contributed by atoms with E-state index in [1.54, 1.807) is 0 Å². The standard InChI is InChI=1S/C16H20BrIN2O/c17-12-5-6-15(18)14(10-12)16(21)20-9-3-4-13(20)11-19-7-1-2-8-19/h5-6,10,13H,1-4,7-9,11H2. The van der Waals surface area contributed by atoms with Gasteiger partial charge in [0.25, 0.3) is 5.91 Å². The molecular weight excluding hydrogens is 443 g/mol. The first-order chi connectivity index (χ1) is 10.1. The number of carbonyl (C=O) groups excluding carboxylic acids is 1. The highest BCUT2D eigenvalue weighted by molar-refractivity contribution is 14.1. The predicted octanol–water partition coefficient (Wildman–Crippen LogP) is 3.75. The van der Waals surface area contributed by atoms with Crippen molar-refractivity contribution < 1.29 is 4.79 Å². The molecule has 1 unspecified atom stereocenters. The average molecular weight is 463 g/mol. The summed E-state index contributed by atoms with van der Waals surface area (Å²) in [6, 6.07) is 6.34. The molecule has 114 valence electrons. The Morgan fingerprint density at radius 3 is 2.76 bits per heavy atom. The molecule has 0 aromatic heterocycles. The highest BCUT2D eigenvalue weighted by Crippen LogP contribution is 2.26. The van der Waals surface area contributed by atoms with Gasteiger partial charge in [-0.1, -0.05) is 15.9 Å². The number of amides is 1. The van der Waals surface area contributed by atoms with Crippen molar-refractivity contribution >= 4 is 44.4 Å². The van der Waals surface area contributed by atoms with Crippen LogP contribution in [0, 0.1) is 3.57 Å². The lowest BCUT2D eigenvalue weighted by molar-refractivity contribution is 0.0707. The van der Waals surface area contributed by atoms with Crippen LogP contribution >= 0.6 is 38.5 Å². The van der Waals surface area contributed by atoms with Gasteiger partial charge in [-0.3, -0.25) is 4.79 Å². The zero-order valence-electron chi connectivity index (χ0n) is 12.0. The normalized spacial score (nSPS) is 23.0. The molecule has 2 saturated heterocycles. The third kappa shape index (κ3) is 3.62. The summed E-state index contributed by atoms with van der Waals surface area (Å²) in [6.07, 6.45) is 4.90. The Morgan fingerprint density at radius 2 is 2.00 bits per heavy atom. The largest absolute Gasteiger partial charge is 0.334 e. The number of benzene rings is 1. The van der Waals surface area contributed by atoms with Gasteiger partial charge in [0.15, 0.2) is 0 Å². The summed E-state index contributed by atoms with van der Waals surface area (Å²) >= 11 is 5.73. The Kier molecular flexibility index (Phi) is 5.22. The molecule has 21 heavy (non-hydrogen) atoms. The van der Waals surface area contributed by atoms with Crippen LogP contribution in [0.5, 0.6) is 0 Å². The van der Waals surface area contributed by atoms with Crippen LogP contribution in [0.15, 0.2) is 22.7 Å². The number of hydrogen-bond donors (Lipinski definition) is 0. The van der Waals surface area contributed by atoms with Gasteiger partial charge in [-0.15, -0.1) is 0 Å². The van der Waals surface area contributed by atoms with Gasteiger partial charge >= 0.3 is 0 Å². The van der Waals surface area contributed by atoms with Crippen LogP contribution in [0.3, 0.4) is 0 Å². The van der Waals surface area contributed by atoms with Gasteiger partial charge in [-0.05, 0) is 79.6 Å². The van der Waals surface area contributed by atoms with Gasteiger partial charge in [-0.2, -0.15) is 0 Å². The molecule has 1 amide bonds. The molecule has 1 aromatic rings. The van der Waals surface area contributed by atoms with Crippen LogP contribution in [-0.4, -0.2) is 47.9 Å². The van der Waals surface area contributed by atoms with Gasteiger partial charge in [-0.25, -0.2) is 0 Å². The number of carbonyl (C=O) groups is 1. The maximum absolute atomic E-state index is 12.9. The van der Waals surface area contributed by atoms with Crippen molar-refractivity contribution in [3.63, 3.8) is 0 Å². The van der Waals surface area contributed by atoms with E-state index >= 15 is 0 Å². The van der Waals surface area contributed by atoms with E-state index in [1.807, 2.05) is 18.2 Å². The van der Waals surface area contributed by atoms with Crippen molar-refractivity contribution in [1.82, 2.24) is 9.80 Å². The van der Waals surface area contributed by atoms with Crippen molar-refractivity contribution in [2.24, 2.45) is 0 Å². The van der Waals surface area contributed by atoms with Crippen molar-refractivity contribution in [1.29, 1.82) is 0 Å². The monoisotopic (exact) mass is 462 g/mol. The second-order valence-corrected chi connectivity index (χ2v) is 8.00. The summed E-state index contributed by atoms with van der Waals surface area (Å²) in [5.74, 6) is 0.197. The first kappa shape index (κ1) is 15.7. The van der Waals surface area contributed by atoms with E-state index in [2.05, 4.69) is 48.3 Å². The van der Waals surface area contributed by atoms with Gasteiger partial charge in [0.05, 0.1) is 5.56 Å².